The molecule has 0 spiro atoms. The van der Waals surface area contributed by atoms with Crippen molar-refractivity contribution in [3.05, 3.63) is 24.0 Å². The monoisotopic (exact) mass is 224 g/mol. The summed E-state index contributed by atoms with van der Waals surface area (Å²) in [6, 6.07) is 5.53. The lowest BCUT2D eigenvalue weighted by Crippen LogP contribution is -2.23. The van der Waals surface area contributed by atoms with Crippen LogP contribution in [0.5, 0.6) is 0 Å². The van der Waals surface area contributed by atoms with Gasteiger partial charge in [-0.05, 0) is 12.1 Å². The van der Waals surface area contributed by atoms with Gasteiger partial charge in [-0.3, -0.25) is 0 Å². The van der Waals surface area contributed by atoms with Crippen LogP contribution in [0.2, 0.25) is 0 Å². The molecule has 1 heterocycles. The van der Waals surface area contributed by atoms with Crippen molar-refractivity contribution >= 4 is 0 Å². The summed E-state index contributed by atoms with van der Waals surface area (Å²) in [5.41, 5.74) is 0.538. The van der Waals surface area contributed by atoms with E-state index in [4.69, 9.17) is 14.7 Å². The molecule has 1 aromatic rings. The molecule has 0 aromatic carbocycles. The van der Waals surface area contributed by atoms with Crippen LogP contribution in [0, 0.1) is 11.3 Å². The SMILES string of the molecule is COCCOCC(O)Cn1cccc1C#N. The van der Waals surface area contributed by atoms with Crippen molar-refractivity contribution in [2.75, 3.05) is 26.9 Å². The zero-order chi connectivity index (χ0) is 11.8. The first kappa shape index (κ1) is 12.7. The number of hydrogen-bond donors (Lipinski definition) is 1. The van der Waals surface area contributed by atoms with Crippen molar-refractivity contribution in [3.8, 4) is 6.07 Å². The van der Waals surface area contributed by atoms with Gasteiger partial charge in [0.25, 0.3) is 0 Å². The van der Waals surface area contributed by atoms with Gasteiger partial charge in [-0.25, -0.2) is 0 Å². The lowest BCUT2D eigenvalue weighted by molar-refractivity contribution is 0.00719. The number of aromatic nitrogens is 1. The molecule has 5 nitrogen and oxygen atoms in total. The first-order valence-corrected chi connectivity index (χ1v) is 5.08. The van der Waals surface area contributed by atoms with Crippen molar-refractivity contribution < 1.29 is 14.6 Å². The minimum Gasteiger partial charge on any atom is -0.389 e. The molecule has 16 heavy (non-hydrogen) atoms. The third kappa shape index (κ3) is 4.03. The lowest BCUT2D eigenvalue weighted by Gasteiger charge is -2.12. The molecule has 1 unspecified atom stereocenters. The van der Waals surface area contributed by atoms with E-state index in [1.165, 1.54) is 0 Å². The number of aliphatic hydroxyl groups excluding tert-OH is 1. The van der Waals surface area contributed by atoms with Gasteiger partial charge in [0.15, 0.2) is 0 Å². The van der Waals surface area contributed by atoms with Crippen molar-refractivity contribution in [3.63, 3.8) is 0 Å². The van der Waals surface area contributed by atoms with Gasteiger partial charge in [-0.15, -0.1) is 0 Å². The summed E-state index contributed by atoms with van der Waals surface area (Å²) in [6.45, 7) is 1.58. The third-order valence-corrected chi connectivity index (χ3v) is 2.09. The van der Waals surface area contributed by atoms with Crippen molar-refractivity contribution in [2.45, 2.75) is 12.6 Å². The first-order valence-electron chi connectivity index (χ1n) is 5.08. The van der Waals surface area contributed by atoms with Gasteiger partial charge in [0, 0.05) is 13.3 Å². The molecule has 5 heteroatoms. The quantitative estimate of drug-likeness (QED) is 0.680. The second-order valence-corrected chi connectivity index (χ2v) is 3.38. The van der Waals surface area contributed by atoms with E-state index in [2.05, 4.69) is 0 Å². The molecule has 0 aliphatic carbocycles. The summed E-state index contributed by atoms with van der Waals surface area (Å²) in [5.74, 6) is 0. The first-order chi connectivity index (χ1) is 7.77. The van der Waals surface area contributed by atoms with Gasteiger partial charge < -0.3 is 19.1 Å². The smallest absolute Gasteiger partial charge is 0.120 e. The summed E-state index contributed by atoms with van der Waals surface area (Å²) >= 11 is 0. The lowest BCUT2D eigenvalue weighted by atomic mass is 10.3. The van der Waals surface area contributed by atoms with Crippen LogP contribution in [0.1, 0.15) is 5.69 Å². The second kappa shape index (κ2) is 7.01. The molecular formula is C11H16N2O3. The van der Waals surface area contributed by atoms with Gasteiger partial charge in [0.2, 0.25) is 0 Å². The van der Waals surface area contributed by atoms with Crippen molar-refractivity contribution in [1.29, 1.82) is 5.26 Å². The maximum Gasteiger partial charge on any atom is 0.120 e. The van der Waals surface area contributed by atoms with E-state index in [1.54, 1.807) is 30.0 Å². The van der Waals surface area contributed by atoms with Crippen LogP contribution >= 0.6 is 0 Å². The summed E-state index contributed by atoms with van der Waals surface area (Å²) < 4.78 is 11.7. The Morgan fingerprint density at radius 3 is 3.06 bits per heavy atom. The highest BCUT2D eigenvalue weighted by atomic mass is 16.5. The Bertz CT molecular complexity index is 343. The fraction of sp³-hybridized carbons (Fsp3) is 0.545. The van der Waals surface area contributed by atoms with E-state index in [1.807, 2.05) is 6.07 Å². The maximum absolute atomic E-state index is 9.64. The predicted octanol–water partition coefficient (Wildman–Crippen LogP) is 0.384. The van der Waals surface area contributed by atoms with E-state index < -0.39 is 6.10 Å². The third-order valence-electron chi connectivity index (χ3n) is 2.09. The number of hydrogen-bond acceptors (Lipinski definition) is 4. The molecule has 1 aromatic heterocycles. The number of methoxy groups -OCH3 is 1. The van der Waals surface area contributed by atoms with Crippen LogP contribution in [-0.2, 0) is 16.0 Å². The van der Waals surface area contributed by atoms with Crippen LogP contribution in [0.15, 0.2) is 18.3 Å². The molecule has 0 amide bonds. The molecule has 0 saturated carbocycles. The van der Waals surface area contributed by atoms with Crippen LogP contribution in [0.3, 0.4) is 0 Å². The zero-order valence-corrected chi connectivity index (χ0v) is 9.30. The van der Waals surface area contributed by atoms with E-state index in [0.717, 1.165) is 0 Å². The Morgan fingerprint density at radius 2 is 2.38 bits per heavy atom. The molecule has 1 rings (SSSR count). The van der Waals surface area contributed by atoms with Gasteiger partial charge in [-0.1, -0.05) is 0 Å². The van der Waals surface area contributed by atoms with Crippen molar-refractivity contribution in [2.24, 2.45) is 0 Å². The van der Waals surface area contributed by atoms with Gasteiger partial charge in [0.1, 0.15) is 11.8 Å². The number of nitrogens with zero attached hydrogens (tertiary/aromatic N) is 2. The number of aliphatic hydroxyl groups is 1. The van der Waals surface area contributed by atoms with Crippen LogP contribution in [0.25, 0.3) is 0 Å². The molecule has 88 valence electrons. The molecule has 0 aliphatic rings. The molecule has 1 N–H and O–H groups in total. The molecule has 0 bridgehead atoms. The molecule has 0 fully saturated rings. The highest BCUT2D eigenvalue weighted by Crippen LogP contribution is 2.02. The molecule has 0 aliphatic heterocycles. The fourth-order valence-electron chi connectivity index (χ4n) is 1.32. The number of ether oxygens (including phenoxy) is 2. The largest absolute Gasteiger partial charge is 0.389 e. The maximum atomic E-state index is 9.64. The second-order valence-electron chi connectivity index (χ2n) is 3.38. The zero-order valence-electron chi connectivity index (χ0n) is 9.30. The predicted molar refractivity (Wildman–Crippen MR) is 57.8 cm³/mol. The van der Waals surface area contributed by atoms with E-state index in [0.29, 0.717) is 25.5 Å². The standard InChI is InChI=1S/C11H16N2O3/c1-15-5-6-16-9-11(14)8-13-4-2-3-10(13)7-12/h2-4,11,14H,5-6,8-9H2,1H3. The fourth-order valence-corrected chi connectivity index (χ4v) is 1.32. The Morgan fingerprint density at radius 1 is 1.56 bits per heavy atom. The van der Waals surface area contributed by atoms with E-state index >= 15 is 0 Å². The average Bonchev–Trinajstić information content (AvgIpc) is 2.71. The molecule has 0 radical (unpaired) electrons. The number of nitriles is 1. The number of rotatable bonds is 7. The summed E-state index contributed by atoms with van der Waals surface area (Å²) in [7, 11) is 1.60. The van der Waals surface area contributed by atoms with Crippen LogP contribution < -0.4 is 0 Å². The minimum atomic E-state index is -0.614. The normalized spacial score (nSPS) is 12.3. The summed E-state index contributed by atoms with van der Waals surface area (Å²) in [6.07, 6.45) is 1.15. The highest BCUT2D eigenvalue weighted by molar-refractivity contribution is 5.21. The Balaban J connectivity index is 2.29. The van der Waals surface area contributed by atoms with Gasteiger partial charge >= 0.3 is 0 Å². The Kier molecular flexibility index (Phi) is 5.57. The average molecular weight is 224 g/mol. The van der Waals surface area contributed by atoms with E-state index in [-0.39, 0.29) is 6.61 Å². The van der Waals surface area contributed by atoms with Gasteiger partial charge in [-0.2, -0.15) is 5.26 Å². The molecular weight excluding hydrogens is 208 g/mol. The topological polar surface area (TPSA) is 67.4 Å². The Labute approximate surface area is 94.8 Å². The molecule has 1 atom stereocenters. The minimum absolute atomic E-state index is 0.242. The summed E-state index contributed by atoms with van der Waals surface area (Å²) in [4.78, 5) is 0. The van der Waals surface area contributed by atoms with Gasteiger partial charge in [0.05, 0.1) is 32.5 Å². The molecule has 0 saturated heterocycles. The summed E-state index contributed by atoms with van der Waals surface area (Å²) in [5, 5.41) is 18.4. The Hall–Kier alpha value is -1.35. The van der Waals surface area contributed by atoms with E-state index in [9.17, 15) is 5.11 Å². The van der Waals surface area contributed by atoms with Crippen molar-refractivity contribution in [1.82, 2.24) is 4.57 Å². The van der Waals surface area contributed by atoms with Crippen LogP contribution in [0.4, 0.5) is 0 Å². The highest BCUT2D eigenvalue weighted by Gasteiger charge is 2.07. The van der Waals surface area contributed by atoms with Crippen LogP contribution in [-0.4, -0.2) is 42.7 Å².